The molecule has 3 nitrogen and oxygen atoms in total. The number of hydrogen-bond acceptors (Lipinski definition) is 5. The summed E-state index contributed by atoms with van der Waals surface area (Å²) in [5, 5.41) is 3.42. The van der Waals surface area contributed by atoms with Crippen molar-refractivity contribution in [3.8, 4) is 0 Å². The topological polar surface area (TPSA) is 34.1 Å². The lowest BCUT2D eigenvalue weighted by molar-refractivity contribution is 0.126. The van der Waals surface area contributed by atoms with Crippen LogP contribution in [0.5, 0.6) is 0 Å². The van der Waals surface area contributed by atoms with Crippen LogP contribution in [0.4, 0.5) is 0 Å². The average Bonchev–Trinajstić information content (AvgIpc) is 3.05. The molecule has 0 aromatic carbocycles. The van der Waals surface area contributed by atoms with Crippen molar-refractivity contribution in [3.05, 3.63) is 38.0 Å². The number of ether oxygens (including phenoxy) is 1. The molecule has 0 bridgehead atoms. The molecule has 0 aliphatic rings. The lowest BCUT2D eigenvalue weighted by atomic mass is 10.3. The van der Waals surface area contributed by atoms with Gasteiger partial charge in [0.2, 0.25) is 0 Å². The van der Waals surface area contributed by atoms with Gasteiger partial charge in [-0.3, -0.25) is 0 Å². The van der Waals surface area contributed by atoms with E-state index in [1.54, 1.807) is 11.3 Å². The standard InChI is InChI=1S/C15H22N2OS2/c1-3-7-16-9-13-4-5-14(20-13)10-18-8-6-15-12(2)17-11-19-15/h4-5,11,16H,3,6-10H2,1-2H3. The molecule has 0 radical (unpaired) electrons. The highest BCUT2D eigenvalue weighted by atomic mass is 32.1. The highest BCUT2D eigenvalue weighted by Gasteiger charge is 2.03. The van der Waals surface area contributed by atoms with Gasteiger partial charge in [0.25, 0.3) is 0 Å². The minimum Gasteiger partial charge on any atom is -0.376 e. The van der Waals surface area contributed by atoms with Gasteiger partial charge in [-0.2, -0.15) is 0 Å². The first-order chi connectivity index (χ1) is 9.79. The van der Waals surface area contributed by atoms with Gasteiger partial charge in [-0.1, -0.05) is 6.92 Å². The van der Waals surface area contributed by atoms with Crippen LogP contribution in [-0.4, -0.2) is 18.1 Å². The van der Waals surface area contributed by atoms with E-state index in [0.29, 0.717) is 0 Å². The normalized spacial score (nSPS) is 11.1. The lowest BCUT2D eigenvalue weighted by Crippen LogP contribution is -2.12. The lowest BCUT2D eigenvalue weighted by Gasteiger charge is -2.02. The molecule has 1 N–H and O–H groups in total. The predicted molar refractivity (Wildman–Crippen MR) is 86.5 cm³/mol. The van der Waals surface area contributed by atoms with Crippen LogP contribution in [0.2, 0.25) is 0 Å². The fraction of sp³-hybridized carbons (Fsp3) is 0.533. The molecule has 0 fully saturated rings. The highest BCUT2D eigenvalue weighted by Crippen LogP contribution is 2.18. The number of thiophene rings is 1. The molecule has 0 saturated carbocycles. The van der Waals surface area contributed by atoms with E-state index in [-0.39, 0.29) is 0 Å². The van der Waals surface area contributed by atoms with Crippen molar-refractivity contribution in [2.45, 2.75) is 39.8 Å². The van der Waals surface area contributed by atoms with Crippen LogP contribution in [0.3, 0.4) is 0 Å². The third-order valence-electron chi connectivity index (χ3n) is 3.01. The summed E-state index contributed by atoms with van der Waals surface area (Å²) in [6, 6.07) is 4.37. The molecule has 2 rings (SSSR count). The number of aromatic nitrogens is 1. The fourth-order valence-electron chi connectivity index (χ4n) is 1.89. The van der Waals surface area contributed by atoms with Crippen LogP contribution in [-0.2, 0) is 24.3 Å². The van der Waals surface area contributed by atoms with Gasteiger partial charge in [0, 0.05) is 27.6 Å². The Labute approximate surface area is 129 Å². The van der Waals surface area contributed by atoms with Gasteiger partial charge >= 0.3 is 0 Å². The summed E-state index contributed by atoms with van der Waals surface area (Å²) in [5.41, 5.74) is 3.04. The number of aryl methyl sites for hydroxylation is 1. The van der Waals surface area contributed by atoms with Crippen molar-refractivity contribution in [1.82, 2.24) is 10.3 Å². The molecule has 0 spiro atoms. The van der Waals surface area contributed by atoms with E-state index >= 15 is 0 Å². The van der Waals surface area contributed by atoms with Crippen molar-refractivity contribution in [1.29, 1.82) is 0 Å². The van der Waals surface area contributed by atoms with E-state index in [0.717, 1.165) is 38.4 Å². The van der Waals surface area contributed by atoms with Gasteiger partial charge in [0.15, 0.2) is 0 Å². The quantitative estimate of drug-likeness (QED) is 0.716. The fourth-order valence-corrected chi connectivity index (χ4v) is 3.57. The van der Waals surface area contributed by atoms with Crippen LogP contribution < -0.4 is 5.32 Å². The van der Waals surface area contributed by atoms with Crippen molar-refractivity contribution in [2.75, 3.05) is 13.2 Å². The molecule has 5 heteroatoms. The van der Waals surface area contributed by atoms with E-state index in [4.69, 9.17) is 4.74 Å². The third-order valence-corrected chi connectivity index (χ3v) is 5.06. The molecule has 2 aromatic rings. The number of thiazole rings is 1. The van der Waals surface area contributed by atoms with Crippen LogP contribution in [0.25, 0.3) is 0 Å². The van der Waals surface area contributed by atoms with Crippen LogP contribution in [0, 0.1) is 6.92 Å². The largest absolute Gasteiger partial charge is 0.376 e. The Balaban J connectivity index is 1.65. The molecule has 2 heterocycles. The number of nitrogens with one attached hydrogen (secondary N) is 1. The zero-order chi connectivity index (χ0) is 14.2. The van der Waals surface area contributed by atoms with E-state index in [9.17, 15) is 0 Å². The van der Waals surface area contributed by atoms with Crippen LogP contribution in [0.15, 0.2) is 17.6 Å². The Morgan fingerprint density at radius 3 is 2.90 bits per heavy atom. The molecular formula is C15H22N2OS2. The number of hydrogen-bond donors (Lipinski definition) is 1. The second kappa shape index (κ2) is 8.52. The average molecular weight is 310 g/mol. The minimum absolute atomic E-state index is 0.719. The Hall–Kier alpha value is -0.750. The van der Waals surface area contributed by atoms with Gasteiger partial charge < -0.3 is 10.1 Å². The first-order valence-electron chi connectivity index (χ1n) is 7.04. The second-order valence-electron chi connectivity index (χ2n) is 4.71. The molecule has 0 atom stereocenters. The smallest absolute Gasteiger partial charge is 0.0809 e. The summed E-state index contributed by atoms with van der Waals surface area (Å²) < 4.78 is 5.76. The number of nitrogens with zero attached hydrogens (tertiary/aromatic N) is 1. The van der Waals surface area contributed by atoms with Crippen LogP contribution in [0.1, 0.15) is 33.7 Å². The molecule has 0 unspecified atom stereocenters. The van der Waals surface area contributed by atoms with E-state index in [1.807, 2.05) is 16.8 Å². The minimum atomic E-state index is 0.719. The van der Waals surface area contributed by atoms with Gasteiger partial charge in [-0.05, 0) is 32.0 Å². The molecule has 110 valence electrons. The zero-order valence-corrected chi connectivity index (χ0v) is 13.8. The summed E-state index contributed by atoms with van der Waals surface area (Å²) >= 11 is 3.55. The Morgan fingerprint density at radius 1 is 1.30 bits per heavy atom. The van der Waals surface area contributed by atoms with Crippen molar-refractivity contribution >= 4 is 22.7 Å². The number of rotatable bonds is 9. The zero-order valence-electron chi connectivity index (χ0n) is 12.1. The predicted octanol–water partition coefficient (Wildman–Crippen LogP) is 3.77. The maximum absolute atomic E-state index is 5.76. The molecule has 20 heavy (non-hydrogen) atoms. The summed E-state index contributed by atoms with van der Waals surface area (Å²) in [5.74, 6) is 0. The van der Waals surface area contributed by atoms with E-state index in [1.165, 1.54) is 21.1 Å². The molecule has 0 saturated heterocycles. The van der Waals surface area contributed by atoms with Gasteiger partial charge in [-0.15, -0.1) is 22.7 Å². The first kappa shape index (κ1) is 15.6. The van der Waals surface area contributed by atoms with Crippen molar-refractivity contribution in [3.63, 3.8) is 0 Å². The first-order valence-corrected chi connectivity index (χ1v) is 8.74. The van der Waals surface area contributed by atoms with Gasteiger partial charge in [0.1, 0.15) is 0 Å². The summed E-state index contributed by atoms with van der Waals surface area (Å²) in [7, 11) is 0. The third kappa shape index (κ3) is 4.98. The Kier molecular flexibility index (Phi) is 6.66. The molecule has 0 aliphatic heterocycles. The Morgan fingerprint density at radius 2 is 2.15 bits per heavy atom. The van der Waals surface area contributed by atoms with Gasteiger partial charge in [0.05, 0.1) is 24.4 Å². The Bertz CT molecular complexity index is 507. The van der Waals surface area contributed by atoms with Crippen LogP contribution >= 0.6 is 22.7 Å². The highest BCUT2D eigenvalue weighted by molar-refractivity contribution is 7.12. The van der Waals surface area contributed by atoms with Crippen molar-refractivity contribution < 1.29 is 4.74 Å². The van der Waals surface area contributed by atoms with E-state index in [2.05, 4.69) is 36.3 Å². The monoisotopic (exact) mass is 310 g/mol. The maximum atomic E-state index is 5.76. The molecular weight excluding hydrogens is 288 g/mol. The summed E-state index contributed by atoms with van der Waals surface area (Å²) in [6.07, 6.45) is 2.14. The second-order valence-corrected chi connectivity index (χ2v) is 6.90. The summed E-state index contributed by atoms with van der Waals surface area (Å²) in [6.45, 7) is 7.78. The molecule has 2 aromatic heterocycles. The van der Waals surface area contributed by atoms with Crippen molar-refractivity contribution in [2.24, 2.45) is 0 Å². The maximum Gasteiger partial charge on any atom is 0.0809 e. The molecule has 0 aliphatic carbocycles. The SMILES string of the molecule is CCCNCc1ccc(COCCc2scnc2C)s1. The molecule has 0 amide bonds. The van der Waals surface area contributed by atoms with E-state index < -0.39 is 0 Å². The van der Waals surface area contributed by atoms with Gasteiger partial charge in [-0.25, -0.2) is 4.98 Å². The summed E-state index contributed by atoms with van der Waals surface area (Å²) in [4.78, 5) is 8.27.